The van der Waals surface area contributed by atoms with Gasteiger partial charge in [0.2, 0.25) is 0 Å². The van der Waals surface area contributed by atoms with Crippen molar-refractivity contribution in [2.45, 2.75) is 31.3 Å². The van der Waals surface area contributed by atoms with Crippen LogP contribution in [0.25, 0.3) is 0 Å². The Hall–Kier alpha value is 0.144. The van der Waals surface area contributed by atoms with Gasteiger partial charge in [-0.3, -0.25) is 6.08 Å². The maximum Gasteiger partial charge on any atom is 3.00 e. The molecule has 0 N–H and O–H groups in total. The molecule has 1 aromatic rings. The van der Waals surface area contributed by atoms with E-state index < -0.39 is 0 Å². The van der Waals surface area contributed by atoms with E-state index in [1.807, 2.05) is 32.0 Å². The number of halogens is 2. The van der Waals surface area contributed by atoms with E-state index in [1.54, 1.807) is 11.8 Å². The van der Waals surface area contributed by atoms with Crippen molar-refractivity contribution >= 4 is 11.8 Å². The second-order valence-corrected chi connectivity index (χ2v) is 4.95. The van der Waals surface area contributed by atoms with Crippen molar-refractivity contribution in [3.8, 4) is 5.75 Å². The van der Waals surface area contributed by atoms with E-state index in [-0.39, 0.29) is 52.6 Å². The van der Waals surface area contributed by atoms with Crippen LogP contribution in [0.3, 0.4) is 0 Å². The van der Waals surface area contributed by atoms with Crippen molar-refractivity contribution in [2.75, 3.05) is 0 Å². The van der Waals surface area contributed by atoms with Crippen LogP contribution < -0.4 is 29.6 Å². The fourth-order valence-electron chi connectivity index (χ4n) is 1.46. The minimum atomic E-state index is 0. The molecule has 0 spiro atoms. The molecule has 101 valence electrons. The molecule has 19 heavy (non-hydrogen) atoms. The first kappa shape index (κ1) is 21.4. The molecule has 0 atom stereocenters. The largest absolute Gasteiger partial charge is 3.00 e. The maximum atomic E-state index is 5.77. The molecular weight excluding hydrogens is 335 g/mol. The molecule has 0 bridgehead atoms. The summed E-state index contributed by atoms with van der Waals surface area (Å²) in [5.74, 6) is 0.956. The average molecular weight is 350 g/mol. The van der Waals surface area contributed by atoms with Crippen LogP contribution in [-0.4, -0.2) is 6.10 Å². The Morgan fingerprint density at radius 2 is 1.89 bits per heavy atom. The zero-order valence-corrected chi connectivity index (χ0v) is 14.7. The van der Waals surface area contributed by atoms with E-state index in [4.69, 9.17) is 4.74 Å². The third-order valence-electron chi connectivity index (χ3n) is 2.10. The van der Waals surface area contributed by atoms with Gasteiger partial charge in [-0.05, 0) is 26.0 Å². The summed E-state index contributed by atoms with van der Waals surface area (Å²) in [4.78, 5) is 2.34. The van der Waals surface area contributed by atoms with Crippen LogP contribution in [0.1, 0.15) is 20.3 Å². The van der Waals surface area contributed by atoms with Gasteiger partial charge < -0.3 is 29.6 Å². The molecule has 1 aliphatic carbocycles. The van der Waals surface area contributed by atoms with Crippen molar-refractivity contribution in [1.29, 1.82) is 0 Å². The third-order valence-corrected chi connectivity index (χ3v) is 3.15. The Morgan fingerprint density at radius 3 is 2.47 bits per heavy atom. The second-order valence-electron chi connectivity index (χ2n) is 3.86. The van der Waals surface area contributed by atoms with Crippen molar-refractivity contribution in [3.63, 3.8) is 0 Å². The molecule has 1 aliphatic rings. The van der Waals surface area contributed by atoms with Crippen LogP contribution >= 0.6 is 11.8 Å². The summed E-state index contributed by atoms with van der Waals surface area (Å²) >= 11 is 1.71. The van der Waals surface area contributed by atoms with Crippen LogP contribution in [0.4, 0.5) is 0 Å². The molecule has 1 aromatic carbocycles. The van der Waals surface area contributed by atoms with Crippen molar-refractivity contribution in [3.05, 3.63) is 47.4 Å². The summed E-state index contributed by atoms with van der Waals surface area (Å²) in [5.41, 5.74) is 0. The number of rotatable bonds is 4. The first-order valence-electron chi connectivity index (χ1n) is 5.46. The van der Waals surface area contributed by atoms with Crippen LogP contribution in [0, 0.1) is 6.08 Å². The summed E-state index contributed by atoms with van der Waals surface area (Å²) in [7, 11) is 0. The SMILES string of the molecule is CC(C)Oc1ccccc1SC1=[C-]CC=C1.[Cl-].[Cl-].[Ti+3]. The van der Waals surface area contributed by atoms with Crippen LogP contribution in [0.5, 0.6) is 5.75 Å². The zero-order chi connectivity index (χ0) is 11.4. The van der Waals surface area contributed by atoms with E-state index in [2.05, 4.69) is 24.3 Å². The van der Waals surface area contributed by atoms with Crippen molar-refractivity contribution < 1.29 is 51.3 Å². The predicted octanol–water partition coefficient (Wildman–Crippen LogP) is -1.78. The Kier molecular flexibility index (Phi) is 12.3. The van der Waals surface area contributed by atoms with Gasteiger partial charge in [0.05, 0.1) is 11.0 Å². The van der Waals surface area contributed by atoms with Gasteiger partial charge in [0.1, 0.15) is 5.75 Å². The van der Waals surface area contributed by atoms with Gasteiger partial charge in [-0.1, -0.05) is 12.1 Å². The first-order valence-corrected chi connectivity index (χ1v) is 6.28. The molecule has 0 aromatic heterocycles. The Labute approximate surface area is 147 Å². The Bertz CT molecular complexity index is 433. The van der Waals surface area contributed by atoms with Gasteiger partial charge in [0.15, 0.2) is 0 Å². The minimum Gasteiger partial charge on any atom is -1.00 e. The topological polar surface area (TPSA) is 9.23 Å². The molecule has 0 fully saturated rings. The fourth-order valence-corrected chi connectivity index (χ4v) is 2.38. The van der Waals surface area contributed by atoms with Gasteiger partial charge in [0.25, 0.3) is 0 Å². The number of thioether (sulfide) groups is 1. The van der Waals surface area contributed by atoms with Crippen molar-refractivity contribution in [2.24, 2.45) is 0 Å². The molecule has 0 saturated carbocycles. The van der Waals surface area contributed by atoms with Gasteiger partial charge in [-0.2, -0.15) is 11.0 Å². The monoisotopic (exact) mass is 349 g/mol. The number of hydrogen-bond acceptors (Lipinski definition) is 2. The van der Waals surface area contributed by atoms with E-state index in [0.717, 1.165) is 17.1 Å². The summed E-state index contributed by atoms with van der Waals surface area (Å²) in [6.07, 6.45) is 8.66. The number of allylic oxidation sites excluding steroid dienone is 3. The fraction of sp³-hybridized carbons (Fsp3) is 0.286. The molecule has 0 aliphatic heterocycles. The molecule has 0 heterocycles. The molecule has 2 rings (SSSR count). The standard InChI is InChI=1S/C14H15OS.2ClH.Ti/c1-11(2)15-13-9-5-6-10-14(13)16-12-7-3-4-8-12;;;/h3,5-7,9-11H,4H2,1-2H3;2*1H;/q-1;;;+3/p-2. The number of hydrogen-bond donors (Lipinski definition) is 0. The quantitative estimate of drug-likeness (QED) is 0.469. The number of para-hydroxylation sites is 1. The zero-order valence-electron chi connectivity index (χ0n) is 10.8. The molecule has 0 saturated heterocycles. The Morgan fingerprint density at radius 1 is 1.21 bits per heavy atom. The summed E-state index contributed by atoms with van der Waals surface area (Å²) in [6, 6.07) is 8.14. The van der Waals surface area contributed by atoms with Crippen LogP contribution in [-0.2, 0) is 21.7 Å². The number of benzene rings is 1. The molecular formula is C14H15Cl2OSTi. The van der Waals surface area contributed by atoms with E-state index in [0.29, 0.717) is 0 Å². The van der Waals surface area contributed by atoms with Crippen LogP contribution in [0.15, 0.2) is 46.2 Å². The second kappa shape index (κ2) is 10.9. The Balaban J connectivity index is 0. The van der Waals surface area contributed by atoms with Gasteiger partial charge in [0, 0.05) is 0 Å². The van der Waals surface area contributed by atoms with E-state index in [1.165, 1.54) is 4.91 Å². The first-order chi connectivity index (χ1) is 7.75. The molecule has 0 unspecified atom stereocenters. The molecule has 0 amide bonds. The predicted molar refractivity (Wildman–Crippen MR) is 68.6 cm³/mol. The smallest absolute Gasteiger partial charge is 1.00 e. The normalized spacial score (nSPS) is 12.1. The van der Waals surface area contributed by atoms with E-state index in [9.17, 15) is 0 Å². The summed E-state index contributed by atoms with van der Waals surface area (Å²) < 4.78 is 5.77. The third kappa shape index (κ3) is 6.92. The van der Waals surface area contributed by atoms with Gasteiger partial charge in [-0.15, -0.1) is 18.2 Å². The summed E-state index contributed by atoms with van der Waals surface area (Å²) in [6.45, 7) is 4.09. The molecule has 5 heteroatoms. The summed E-state index contributed by atoms with van der Waals surface area (Å²) in [5, 5.41) is 0. The van der Waals surface area contributed by atoms with Gasteiger partial charge >= 0.3 is 21.7 Å². The van der Waals surface area contributed by atoms with Crippen LogP contribution in [0.2, 0.25) is 0 Å². The van der Waals surface area contributed by atoms with Gasteiger partial charge in [-0.25, -0.2) is 6.08 Å². The minimum absolute atomic E-state index is 0. The molecule has 1 radical (unpaired) electrons. The van der Waals surface area contributed by atoms with Crippen molar-refractivity contribution in [1.82, 2.24) is 0 Å². The average Bonchev–Trinajstić information content (AvgIpc) is 2.73. The number of ether oxygens (including phenoxy) is 1. The molecule has 1 nitrogen and oxygen atoms in total. The van der Waals surface area contributed by atoms with E-state index >= 15 is 0 Å². The maximum absolute atomic E-state index is 5.77.